The maximum Gasteiger partial charge on any atom is 0.131 e. The first-order valence-electron chi connectivity index (χ1n) is 5.15. The highest BCUT2D eigenvalue weighted by Crippen LogP contribution is 2.10. The lowest BCUT2D eigenvalue weighted by atomic mass is 10.0. The van der Waals surface area contributed by atoms with Crippen molar-refractivity contribution in [3.8, 4) is 0 Å². The maximum atomic E-state index is 4.09. The van der Waals surface area contributed by atoms with Gasteiger partial charge in [-0.3, -0.25) is 0 Å². The van der Waals surface area contributed by atoms with Crippen molar-refractivity contribution in [3.63, 3.8) is 0 Å². The van der Waals surface area contributed by atoms with E-state index in [0.29, 0.717) is 12.0 Å². The van der Waals surface area contributed by atoms with Gasteiger partial charge in [0.15, 0.2) is 0 Å². The zero-order valence-corrected chi connectivity index (χ0v) is 10.2. The minimum absolute atomic E-state index is 0.583. The molecule has 1 aromatic heterocycles. The van der Waals surface area contributed by atoms with Crippen LogP contribution in [-0.2, 0) is 6.54 Å². The molecule has 0 aromatic carbocycles. The Kier molecular flexibility index (Phi) is 4.48. The van der Waals surface area contributed by atoms with Crippen LogP contribution in [0.1, 0.15) is 37.2 Å². The van der Waals surface area contributed by atoms with Crippen molar-refractivity contribution in [2.45, 2.75) is 46.7 Å². The van der Waals surface area contributed by atoms with Crippen molar-refractivity contribution in [1.29, 1.82) is 0 Å². The van der Waals surface area contributed by atoms with Gasteiger partial charge >= 0.3 is 0 Å². The molecule has 0 saturated heterocycles. The largest absolute Gasteiger partial charge is 0.307 e. The fraction of sp³-hybridized carbons (Fsp3) is 0.800. The Bertz CT molecular complexity index is 270. The fourth-order valence-corrected chi connectivity index (χ4v) is 2.14. The Labute approximate surface area is 89.9 Å². The summed E-state index contributed by atoms with van der Waals surface area (Å²) in [5.74, 6) is 0.675. The number of aryl methyl sites for hydroxylation is 1. The highest BCUT2D eigenvalue weighted by molar-refractivity contribution is 7.11. The molecular weight excluding hydrogens is 194 g/mol. The van der Waals surface area contributed by atoms with Crippen LogP contribution in [-0.4, -0.2) is 16.2 Å². The van der Waals surface area contributed by atoms with Crippen molar-refractivity contribution in [2.75, 3.05) is 0 Å². The summed E-state index contributed by atoms with van der Waals surface area (Å²) < 4.78 is 0. The first kappa shape index (κ1) is 11.6. The van der Waals surface area contributed by atoms with Gasteiger partial charge < -0.3 is 5.32 Å². The molecule has 0 saturated carbocycles. The van der Waals surface area contributed by atoms with E-state index >= 15 is 0 Å². The summed E-state index contributed by atoms with van der Waals surface area (Å²) in [6, 6.07) is 0.583. The number of rotatable bonds is 5. The summed E-state index contributed by atoms with van der Waals surface area (Å²) in [5.41, 5.74) is 0. The molecule has 1 heterocycles. The molecule has 3 nitrogen and oxygen atoms in total. The average Bonchev–Trinajstić information content (AvgIpc) is 2.52. The normalized spacial score (nSPS) is 13.5. The molecule has 14 heavy (non-hydrogen) atoms. The summed E-state index contributed by atoms with van der Waals surface area (Å²) >= 11 is 1.67. The SMILES string of the molecule is CCC(NCc1nnc(C)s1)C(C)C. The number of nitrogens with one attached hydrogen (secondary N) is 1. The van der Waals surface area contributed by atoms with Gasteiger partial charge in [0.2, 0.25) is 0 Å². The number of hydrogen-bond acceptors (Lipinski definition) is 4. The summed E-state index contributed by atoms with van der Waals surface area (Å²) in [5, 5.41) is 13.7. The minimum atomic E-state index is 0.583. The van der Waals surface area contributed by atoms with E-state index in [1.807, 2.05) is 6.92 Å². The smallest absolute Gasteiger partial charge is 0.131 e. The van der Waals surface area contributed by atoms with Gasteiger partial charge in [0.05, 0.1) is 0 Å². The predicted octanol–water partition coefficient (Wildman–Crippen LogP) is 2.37. The van der Waals surface area contributed by atoms with Crippen LogP contribution in [0.3, 0.4) is 0 Å². The van der Waals surface area contributed by atoms with Gasteiger partial charge in [-0.05, 0) is 19.3 Å². The topological polar surface area (TPSA) is 37.8 Å². The number of aromatic nitrogens is 2. The molecule has 0 aliphatic rings. The number of hydrogen-bond donors (Lipinski definition) is 1. The predicted molar refractivity (Wildman–Crippen MR) is 60.4 cm³/mol. The maximum absolute atomic E-state index is 4.09. The van der Waals surface area contributed by atoms with E-state index in [-0.39, 0.29) is 0 Å². The van der Waals surface area contributed by atoms with E-state index in [4.69, 9.17) is 0 Å². The molecule has 0 spiro atoms. The standard InChI is InChI=1S/C10H19N3S/c1-5-9(7(2)3)11-6-10-13-12-8(4)14-10/h7,9,11H,5-6H2,1-4H3. The van der Waals surface area contributed by atoms with Crippen LogP contribution in [0.2, 0.25) is 0 Å². The third kappa shape index (κ3) is 3.35. The Balaban J connectivity index is 2.39. The lowest BCUT2D eigenvalue weighted by Crippen LogP contribution is -2.32. The molecule has 1 atom stereocenters. The molecular formula is C10H19N3S. The third-order valence-corrected chi connectivity index (χ3v) is 3.17. The van der Waals surface area contributed by atoms with Crippen LogP contribution in [0, 0.1) is 12.8 Å². The monoisotopic (exact) mass is 213 g/mol. The van der Waals surface area contributed by atoms with Crippen molar-refractivity contribution in [3.05, 3.63) is 10.0 Å². The van der Waals surface area contributed by atoms with Gasteiger partial charge in [0, 0.05) is 12.6 Å². The van der Waals surface area contributed by atoms with E-state index in [0.717, 1.165) is 23.0 Å². The van der Waals surface area contributed by atoms with E-state index in [1.54, 1.807) is 11.3 Å². The summed E-state index contributed by atoms with van der Waals surface area (Å²) in [6.07, 6.45) is 1.16. The van der Waals surface area contributed by atoms with Gasteiger partial charge in [-0.15, -0.1) is 21.5 Å². The van der Waals surface area contributed by atoms with Gasteiger partial charge in [0.1, 0.15) is 10.0 Å². The molecule has 1 rings (SSSR count). The average molecular weight is 213 g/mol. The molecule has 0 radical (unpaired) electrons. The lowest BCUT2D eigenvalue weighted by molar-refractivity contribution is 0.387. The van der Waals surface area contributed by atoms with E-state index < -0.39 is 0 Å². The van der Waals surface area contributed by atoms with Crippen LogP contribution in [0.4, 0.5) is 0 Å². The highest BCUT2D eigenvalue weighted by Gasteiger charge is 2.10. The van der Waals surface area contributed by atoms with Gasteiger partial charge in [-0.1, -0.05) is 20.8 Å². The zero-order valence-electron chi connectivity index (χ0n) is 9.37. The second-order valence-electron chi connectivity index (χ2n) is 3.85. The first-order valence-corrected chi connectivity index (χ1v) is 5.97. The molecule has 0 amide bonds. The lowest BCUT2D eigenvalue weighted by Gasteiger charge is -2.19. The number of nitrogens with zero attached hydrogens (tertiary/aromatic N) is 2. The van der Waals surface area contributed by atoms with Crippen LogP contribution in [0.15, 0.2) is 0 Å². The van der Waals surface area contributed by atoms with Gasteiger partial charge in [-0.25, -0.2) is 0 Å². The highest BCUT2D eigenvalue weighted by atomic mass is 32.1. The van der Waals surface area contributed by atoms with Crippen LogP contribution in [0.25, 0.3) is 0 Å². The van der Waals surface area contributed by atoms with E-state index in [9.17, 15) is 0 Å². The second-order valence-corrected chi connectivity index (χ2v) is 5.12. The van der Waals surface area contributed by atoms with Gasteiger partial charge in [-0.2, -0.15) is 0 Å². The van der Waals surface area contributed by atoms with Crippen molar-refractivity contribution >= 4 is 11.3 Å². The van der Waals surface area contributed by atoms with Crippen molar-refractivity contribution < 1.29 is 0 Å². The quantitative estimate of drug-likeness (QED) is 0.816. The molecule has 1 aromatic rings. The Morgan fingerprint density at radius 2 is 2.07 bits per heavy atom. The second kappa shape index (κ2) is 5.41. The first-order chi connectivity index (χ1) is 6.63. The molecule has 80 valence electrons. The zero-order chi connectivity index (χ0) is 10.6. The summed E-state index contributed by atoms with van der Waals surface area (Å²) in [4.78, 5) is 0. The molecule has 4 heteroatoms. The third-order valence-electron chi connectivity index (χ3n) is 2.33. The minimum Gasteiger partial charge on any atom is -0.307 e. The van der Waals surface area contributed by atoms with E-state index in [1.165, 1.54) is 0 Å². The van der Waals surface area contributed by atoms with Crippen LogP contribution < -0.4 is 5.32 Å². The Morgan fingerprint density at radius 3 is 2.50 bits per heavy atom. The van der Waals surface area contributed by atoms with Crippen molar-refractivity contribution in [2.24, 2.45) is 5.92 Å². The molecule has 1 unspecified atom stereocenters. The molecule has 0 bridgehead atoms. The Hall–Kier alpha value is -0.480. The fourth-order valence-electron chi connectivity index (χ4n) is 1.48. The Morgan fingerprint density at radius 1 is 1.36 bits per heavy atom. The summed E-state index contributed by atoms with van der Waals surface area (Å²) in [6.45, 7) is 9.53. The molecule has 0 aliphatic carbocycles. The molecule has 0 aliphatic heterocycles. The van der Waals surface area contributed by atoms with Crippen LogP contribution >= 0.6 is 11.3 Å². The van der Waals surface area contributed by atoms with Gasteiger partial charge in [0.25, 0.3) is 0 Å². The van der Waals surface area contributed by atoms with Crippen LogP contribution in [0.5, 0.6) is 0 Å². The van der Waals surface area contributed by atoms with Crippen molar-refractivity contribution in [1.82, 2.24) is 15.5 Å². The van der Waals surface area contributed by atoms with E-state index in [2.05, 4.69) is 36.3 Å². The molecule has 1 N–H and O–H groups in total. The molecule has 0 fully saturated rings. The summed E-state index contributed by atoms with van der Waals surface area (Å²) in [7, 11) is 0.